The summed E-state index contributed by atoms with van der Waals surface area (Å²) in [5, 5.41) is 7.44. The van der Waals surface area contributed by atoms with Crippen molar-refractivity contribution in [2.24, 2.45) is 5.92 Å². The van der Waals surface area contributed by atoms with Crippen molar-refractivity contribution in [1.29, 1.82) is 0 Å². The first-order valence-corrected chi connectivity index (χ1v) is 12.2. The molecule has 5 nitrogen and oxygen atoms in total. The summed E-state index contributed by atoms with van der Waals surface area (Å²) in [4.78, 5) is 26.6. The maximum atomic E-state index is 13.0. The molecule has 0 radical (unpaired) electrons. The maximum Gasteiger partial charge on any atom is 0.416 e. The summed E-state index contributed by atoms with van der Waals surface area (Å²) < 4.78 is 39.0. The molecule has 1 aliphatic heterocycles. The minimum atomic E-state index is -4.41. The molecule has 2 heterocycles. The quantitative estimate of drug-likeness (QED) is 0.440. The van der Waals surface area contributed by atoms with Gasteiger partial charge in [0.15, 0.2) is 0 Å². The van der Waals surface area contributed by atoms with E-state index < -0.39 is 11.7 Å². The van der Waals surface area contributed by atoms with Crippen molar-refractivity contribution >= 4 is 28.8 Å². The number of hydrogen-bond donors (Lipinski definition) is 2. The molecule has 3 aromatic rings. The highest BCUT2D eigenvalue weighted by Gasteiger charge is 2.30. The van der Waals surface area contributed by atoms with Crippen molar-refractivity contribution in [2.45, 2.75) is 26.1 Å². The molecular weight excluding hydrogens is 475 g/mol. The molecule has 184 valence electrons. The van der Waals surface area contributed by atoms with Gasteiger partial charge in [0.25, 0.3) is 5.91 Å². The van der Waals surface area contributed by atoms with Crippen LogP contribution in [0.4, 0.5) is 18.9 Å². The molecule has 0 bridgehead atoms. The molecule has 9 heteroatoms. The second-order valence-electron chi connectivity index (χ2n) is 8.76. The average Bonchev–Trinajstić information content (AvgIpc) is 3.48. The number of nitrogens with one attached hydrogen (secondary N) is 2. The zero-order valence-electron chi connectivity index (χ0n) is 19.2. The van der Waals surface area contributed by atoms with E-state index in [0.717, 1.165) is 49.4 Å². The molecule has 2 N–H and O–H groups in total. The van der Waals surface area contributed by atoms with Crippen LogP contribution in [0, 0.1) is 5.92 Å². The van der Waals surface area contributed by atoms with Crippen molar-refractivity contribution in [3.8, 4) is 11.1 Å². The molecule has 1 atom stereocenters. The summed E-state index contributed by atoms with van der Waals surface area (Å²) in [5.74, 6) is 0.0253. The van der Waals surface area contributed by atoms with Crippen molar-refractivity contribution in [3.63, 3.8) is 0 Å². The van der Waals surface area contributed by atoms with Gasteiger partial charge < -0.3 is 10.6 Å². The van der Waals surface area contributed by atoms with Crippen molar-refractivity contribution in [1.82, 2.24) is 10.2 Å². The minimum absolute atomic E-state index is 0.100. The highest BCUT2D eigenvalue weighted by atomic mass is 32.1. The van der Waals surface area contributed by atoms with Gasteiger partial charge in [0, 0.05) is 32.2 Å². The van der Waals surface area contributed by atoms with Gasteiger partial charge in [0.1, 0.15) is 0 Å². The maximum absolute atomic E-state index is 13.0. The van der Waals surface area contributed by atoms with Crippen molar-refractivity contribution < 1.29 is 22.8 Å². The van der Waals surface area contributed by atoms with E-state index in [-0.39, 0.29) is 11.8 Å². The fourth-order valence-electron chi connectivity index (χ4n) is 4.18. The number of thiophene rings is 1. The third-order valence-corrected chi connectivity index (χ3v) is 6.88. The first-order chi connectivity index (χ1) is 16.7. The molecule has 0 saturated carbocycles. The van der Waals surface area contributed by atoms with Gasteiger partial charge in [0.05, 0.1) is 10.4 Å². The van der Waals surface area contributed by atoms with Crippen molar-refractivity contribution in [2.75, 3.05) is 25.0 Å². The number of rotatable bonds is 7. The number of carbonyl (C=O) groups is 2. The molecule has 0 spiro atoms. The van der Waals surface area contributed by atoms with Crippen LogP contribution in [0.25, 0.3) is 11.1 Å². The first kappa shape index (κ1) is 24.9. The number of carbonyl (C=O) groups excluding carboxylic acids is 2. The number of benzene rings is 2. The van der Waals surface area contributed by atoms with Gasteiger partial charge in [-0.2, -0.15) is 13.2 Å². The Morgan fingerprint density at radius 1 is 1.09 bits per heavy atom. The minimum Gasteiger partial charge on any atom is -0.351 e. The molecule has 0 aliphatic carbocycles. The number of likely N-dealkylation sites (tertiary alicyclic amines) is 1. The molecule has 35 heavy (non-hydrogen) atoms. The highest BCUT2D eigenvalue weighted by Crippen LogP contribution is 2.33. The highest BCUT2D eigenvalue weighted by molar-refractivity contribution is 7.12. The number of anilines is 1. The van der Waals surface area contributed by atoms with E-state index in [1.54, 1.807) is 17.5 Å². The Bertz CT molecular complexity index is 1190. The van der Waals surface area contributed by atoms with E-state index >= 15 is 0 Å². The lowest BCUT2D eigenvalue weighted by Gasteiger charge is -2.16. The van der Waals surface area contributed by atoms with Crippen LogP contribution in [0.15, 0.2) is 60.0 Å². The number of hydrogen-bond acceptors (Lipinski definition) is 4. The average molecular weight is 502 g/mol. The van der Waals surface area contributed by atoms with E-state index in [1.165, 1.54) is 24.3 Å². The lowest BCUT2D eigenvalue weighted by atomic mass is 10.1. The number of nitrogens with zero attached hydrogens (tertiary/aromatic N) is 1. The van der Waals surface area contributed by atoms with Crippen LogP contribution in [0.1, 0.15) is 34.1 Å². The van der Waals surface area contributed by atoms with Crippen LogP contribution in [-0.4, -0.2) is 36.3 Å². The predicted molar refractivity (Wildman–Crippen MR) is 131 cm³/mol. The van der Waals surface area contributed by atoms with Crippen LogP contribution in [0.2, 0.25) is 0 Å². The Balaban J connectivity index is 1.27. The third-order valence-electron chi connectivity index (χ3n) is 5.95. The standard InChI is InChI=1S/C26H26F3N3O2S/c1-17(33)31-23-7-5-18(6-8-23)14-32-10-9-19(15-32)13-30-25(34)24-12-21(16-35-24)20-3-2-4-22(11-20)26(27,28)29/h2-8,11-12,16,19H,9-10,13-15H2,1H3,(H,30,34)(H,31,33). The first-order valence-electron chi connectivity index (χ1n) is 11.3. The van der Waals surface area contributed by atoms with Crippen molar-refractivity contribution in [3.05, 3.63) is 76.0 Å². The van der Waals surface area contributed by atoms with E-state index in [4.69, 9.17) is 0 Å². The van der Waals surface area contributed by atoms with Gasteiger partial charge in [-0.25, -0.2) is 0 Å². The zero-order valence-corrected chi connectivity index (χ0v) is 20.0. The molecule has 2 amide bonds. The summed E-state index contributed by atoms with van der Waals surface area (Å²) in [6.07, 6.45) is -3.43. The predicted octanol–water partition coefficient (Wildman–Crippen LogP) is 5.64. The van der Waals surface area contributed by atoms with Crippen LogP contribution < -0.4 is 10.6 Å². The van der Waals surface area contributed by atoms with Gasteiger partial charge >= 0.3 is 6.18 Å². The van der Waals surface area contributed by atoms with Gasteiger partial charge in [-0.3, -0.25) is 14.5 Å². The lowest BCUT2D eigenvalue weighted by Crippen LogP contribution is -2.30. The summed E-state index contributed by atoms with van der Waals surface area (Å²) in [5.41, 5.74) is 2.26. The lowest BCUT2D eigenvalue weighted by molar-refractivity contribution is -0.137. The largest absolute Gasteiger partial charge is 0.416 e. The fourth-order valence-corrected chi connectivity index (χ4v) is 5.02. The Kier molecular flexibility index (Phi) is 7.57. The Morgan fingerprint density at radius 3 is 2.57 bits per heavy atom. The molecule has 1 saturated heterocycles. The molecular formula is C26H26F3N3O2S. The van der Waals surface area contributed by atoms with Crippen LogP contribution in [0.3, 0.4) is 0 Å². The zero-order chi connectivity index (χ0) is 25.0. The summed E-state index contributed by atoms with van der Waals surface area (Å²) in [7, 11) is 0. The normalized spacial score (nSPS) is 16.3. The topological polar surface area (TPSA) is 61.4 Å². The monoisotopic (exact) mass is 501 g/mol. The third kappa shape index (κ3) is 6.70. The fraction of sp³-hybridized carbons (Fsp3) is 0.308. The smallest absolute Gasteiger partial charge is 0.351 e. The molecule has 1 fully saturated rings. The van der Waals surface area contributed by atoms with E-state index in [9.17, 15) is 22.8 Å². The number of alkyl halides is 3. The van der Waals surface area contributed by atoms with Gasteiger partial charge in [-0.1, -0.05) is 24.3 Å². The number of amides is 2. The molecule has 1 aliphatic rings. The van der Waals surface area contributed by atoms with E-state index in [2.05, 4.69) is 15.5 Å². The summed E-state index contributed by atoms with van der Waals surface area (Å²) >= 11 is 1.23. The Labute approximate surface area is 206 Å². The molecule has 1 unspecified atom stereocenters. The van der Waals surface area contributed by atoms with Crippen LogP contribution in [0.5, 0.6) is 0 Å². The Morgan fingerprint density at radius 2 is 1.86 bits per heavy atom. The molecule has 1 aromatic heterocycles. The SMILES string of the molecule is CC(=O)Nc1ccc(CN2CCC(CNC(=O)c3cc(-c4cccc(C(F)(F)F)c4)cs3)C2)cc1. The molecule has 4 rings (SSSR count). The van der Waals surface area contributed by atoms with Crippen LogP contribution >= 0.6 is 11.3 Å². The van der Waals surface area contributed by atoms with Crippen LogP contribution in [-0.2, 0) is 17.5 Å². The summed E-state index contributed by atoms with van der Waals surface area (Å²) in [6.45, 7) is 4.63. The van der Waals surface area contributed by atoms with E-state index in [1.807, 2.05) is 24.3 Å². The molecule has 2 aromatic carbocycles. The van der Waals surface area contributed by atoms with Gasteiger partial charge in [-0.15, -0.1) is 11.3 Å². The number of halogens is 3. The second-order valence-corrected chi connectivity index (χ2v) is 9.67. The Hall–Kier alpha value is -3.17. The second kappa shape index (κ2) is 10.6. The van der Waals surface area contributed by atoms with E-state index in [0.29, 0.717) is 28.5 Å². The van der Waals surface area contributed by atoms with Gasteiger partial charge in [-0.05, 0) is 71.3 Å². The summed E-state index contributed by atoms with van der Waals surface area (Å²) in [6, 6.07) is 14.5. The van der Waals surface area contributed by atoms with Gasteiger partial charge in [0.2, 0.25) is 5.91 Å².